The first-order chi connectivity index (χ1) is 9.42. The zero-order valence-corrected chi connectivity index (χ0v) is 11.3. The summed E-state index contributed by atoms with van der Waals surface area (Å²) in [4.78, 5) is 11.0. The number of benzene rings is 1. The molecule has 1 saturated heterocycles. The molecule has 1 aliphatic heterocycles. The third kappa shape index (κ3) is 3.07. The Kier molecular flexibility index (Phi) is 4.24. The number of ether oxygens (including phenoxy) is 1. The molecule has 0 spiro atoms. The molecule has 1 aromatic carbocycles. The van der Waals surface area contributed by atoms with Crippen LogP contribution in [-0.4, -0.2) is 38.0 Å². The smallest absolute Gasteiger partial charge is 0.337 e. The van der Waals surface area contributed by atoms with Crippen molar-refractivity contribution < 1.29 is 27.4 Å². The average Bonchev–Trinajstić information content (AvgIpc) is 2.41. The van der Waals surface area contributed by atoms with E-state index >= 15 is 0 Å². The van der Waals surface area contributed by atoms with E-state index in [-0.39, 0.29) is 0 Å². The van der Waals surface area contributed by atoms with Crippen molar-refractivity contribution in [1.29, 1.82) is 0 Å². The maximum absolute atomic E-state index is 13.7. The molecule has 110 valence electrons. The lowest BCUT2D eigenvalue weighted by Crippen LogP contribution is -2.33. The van der Waals surface area contributed by atoms with Gasteiger partial charge in [0.05, 0.1) is 16.5 Å². The quantitative estimate of drug-likeness (QED) is 0.878. The molecule has 6 nitrogen and oxygen atoms in total. The minimum atomic E-state index is -3.85. The first kappa shape index (κ1) is 14.7. The number of hydrogen-bond donors (Lipinski definition) is 2. The Hall–Kier alpha value is -1.67. The van der Waals surface area contributed by atoms with Gasteiger partial charge in [0.1, 0.15) is 5.82 Å². The van der Waals surface area contributed by atoms with E-state index < -0.39 is 38.3 Å². The third-order valence-electron chi connectivity index (χ3n) is 3.10. The Morgan fingerprint density at radius 2 is 2.00 bits per heavy atom. The van der Waals surface area contributed by atoms with Gasteiger partial charge in [-0.1, -0.05) is 6.07 Å². The van der Waals surface area contributed by atoms with E-state index in [1.54, 1.807) is 0 Å². The molecular formula is C12H14FNO5S. The second kappa shape index (κ2) is 5.76. The zero-order chi connectivity index (χ0) is 14.8. The highest BCUT2D eigenvalue weighted by Crippen LogP contribution is 2.24. The summed E-state index contributed by atoms with van der Waals surface area (Å²) in [5.41, 5.74) is -0.938. The molecule has 1 aliphatic rings. The van der Waals surface area contributed by atoms with Crippen molar-refractivity contribution in [2.45, 2.75) is 18.1 Å². The van der Waals surface area contributed by atoms with Gasteiger partial charge in [-0.3, -0.25) is 4.72 Å². The highest BCUT2D eigenvalue weighted by Gasteiger charge is 2.29. The molecule has 0 bridgehead atoms. The summed E-state index contributed by atoms with van der Waals surface area (Å²) in [5, 5.41) is 8.27. The number of nitrogens with one attached hydrogen (secondary N) is 1. The fourth-order valence-corrected chi connectivity index (χ4v) is 3.49. The summed E-state index contributed by atoms with van der Waals surface area (Å²) in [7, 11) is -3.85. The lowest BCUT2D eigenvalue weighted by atomic mass is 10.2. The van der Waals surface area contributed by atoms with Crippen LogP contribution < -0.4 is 4.72 Å². The van der Waals surface area contributed by atoms with Gasteiger partial charge in [0.2, 0.25) is 10.0 Å². The molecule has 2 N–H and O–H groups in total. The van der Waals surface area contributed by atoms with Crippen LogP contribution in [0.25, 0.3) is 0 Å². The lowest BCUT2D eigenvalue weighted by Gasteiger charge is -2.23. The molecule has 20 heavy (non-hydrogen) atoms. The predicted molar refractivity (Wildman–Crippen MR) is 69.7 cm³/mol. The molecule has 0 saturated carbocycles. The van der Waals surface area contributed by atoms with Crippen molar-refractivity contribution in [2.75, 3.05) is 17.9 Å². The standard InChI is InChI=1S/C12H14FNO5S/c13-10-3-1-2-9(12(15)16)11(10)14-20(17,18)8-4-6-19-7-5-8/h1-3,8,14H,4-7H2,(H,15,16). The zero-order valence-electron chi connectivity index (χ0n) is 10.5. The average molecular weight is 303 g/mol. The Morgan fingerprint density at radius 3 is 2.60 bits per heavy atom. The molecule has 1 fully saturated rings. The summed E-state index contributed by atoms with van der Waals surface area (Å²) in [6.45, 7) is 0.628. The molecule has 0 amide bonds. The summed E-state index contributed by atoms with van der Waals surface area (Å²) in [5.74, 6) is -2.31. The van der Waals surface area contributed by atoms with Crippen LogP contribution in [0.2, 0.25) is 0 Å². The van der Waals surface area contributed by atoms with Crippen LogP contribution in [0.5, 0.6) is 0 Å². The fraction of sp³-hybridized carbons (Fsp3) is 0.417. The number of halogens is 1. The summed E-state index contributed by atoms with van der Waals surface area (Å²) >= 11 is 0. The van der Waals surface area contributed by atoms with Gasteiger partial charge in [0.25, 0.3) is 0 Å². The van der Waals surface area contributed by atoms with Crippen LogP contribution in [-0.2, 0) is 14.8 Å². The number of para-hydroxylation sites is 1. The van der Waals surface area contributed by atoms with E-state index in [1.807, 2.05) is 0 Å². The molecule has 1 heterocycles. The van der Waals surface area contributed by atoms with Crippen molar-refractivity contribution >= 4 is 21.7 Å². The van der Waals surface area contributed by atoms with Crippen LogP contribution in [0.15, 0.2) is 18.2 Å². The topological polar surface area (TPSA) is 92.7 Å². The summed E-state index contributed by atoms with van der Waals surface area (Å²) in [6, 6.07) is 3.37. The van der Waals surface area contributed by atoms with Crippen molar-refractivity contribution in [3.05, 3.63) is 29.6 Å². The largest absolute Gasteiger partial charge is 0.478 e. The maximum Gasteiger partial charge on any atom is 0.337 e. The summed E-state index contributed by atoms with van der Waals surface area (Å²) in [6.07, 6.45) is 0.596. The fourth-order valence-electron chi connectivity index (χ4n) is 2.02. The Labute approximate surface area is 115 Å². The van der Waals surface area contributed by atoms with Gasteiger partial charge in [-0.2, -0.15) is 0 Å². The summed E-state index contributed by atoms with van der Waals surface area (Å²) < 4.78 is 45.1. The van der Waals surface area contributed by atoms with Crippen LogP contribution in [0, 0.1) is 5.82 Å². The second-order valence-corrected chi connectivity index (χ2v) is 6.39. The van der Waals surface area contributed by atoms with Gasteiger partial charge in [-0.15, -0.1) is 0 Å². The van der Waals surface area contributed by atoms with E-state index in [4.69, 9.17) is 9.84 Å². The number of anilines is 1. The van der Waals surface area contributed by atoms with Crippen LogP contribution in [0.4, 0.5) is 10.1 Å². The molecule has 0 radical (unpaired) electrons. The van der Waals surface area contributed by atoms with Gasteiger partial charge in [-0.25, -0.2) is 17.6 Å². The molecule has 2 rings (SSSR count). The van der Waals surface area contributed by atoms with Gasteiger partial charge < -0.3 is 9.84 Å². The second-order valence-electron chi connectivity index (χ2n) is 4.43. The molecule has 0 aromatic heterocycles. The van der Waals surface area contributed by atoms with Crippen molar-refractivity contribution in [1.82, 2.24) is 0 Å². The number of sulfonamides is 1. The SMILES string of the molecule is O=C(O)c1cccc(F)c1NS(=O)(=O)C1CCOCC1. The minimum absolute atomic E-state index is 0.298. The normalized spacial score (nSPS) is 16.9. The van der Waals surface area contributed by atoms with Gasteiger partial charge >= 0.3 is 5.97 Å². The van der Waals surface area contributed by atoms with Crippen molar-refractivity contribution in [2.24, 2.45) is 0 Å². The number of aromatic carboxylic acids is 1. The van der Waals surface area contributed by atoms with Crippen molar-refractivity contribution in [3.8, 4) is 0 Å². The van der Waals surface area contributed by atoms with Crippen LogP contribution in [0.3, 0.4) is 0 Å². The van der Waals surface area contributed by atoms with Crippen molar-refractivity contribution in [3.63, 3.8) is 0 Å². The van der Waals surface area contributed by atoms with E-state index in [0.29, 0.717) is 26.1 Å². The highest BCUT2D eigenvalue weighted by atomic mass is 32.2. The number of carboxylic acids is 1. The van der Waals surface area contributed by atoms with Gasteiger partial charge in [0, 0.05) is 13.2 Å². The van der Waals surface area contributed by atoms with Crippen LogP contribution in [0.1, 0.15) is 23.2 Å². The first-order valence-corrected chi connectivity index (χ1v) is 7.57. The molecule has 1 aromatic rings. The Bertz CT molecular complexity index is 610. The number of hydrogen-bond acceptors (Lipinski definition) is 4. The highest BCUT2D eigenvalue weighted by molar-refractivity contribution is 7.93. The molecule has 0 unspecified atom stereocenters. The van der Waals surface area contributed by atoms with Gasteiger partial charge in [0.15, 0.2) is 0 Å². The van der Waals surface area contributed by atoms with E-state index in [0.717, 1.165) is 12.1 Å². The Morgan fingerprint density at radius 1 is 1.35 bits per heavy atom. The first-order valence-electron chi connectivity index (χ1n) is 6.03. The van der Waals surface area contributed by atoms with Gasteiger partial charge in [-0.05, 0) is 25.0 Å². The Balaban J connectivity index is 2.31. The number of carbonyl (C=O) groups is 1. The van der Waals surface area contributed by atoms with Crippen LogP contribution >= 0.6 is 0 Å². The van der Waals surface area contributed by atoms with E-state index in [2.05, 4.69) is 4.72 Å². The van der Waals surface area contributed by atoms with E-state index in [1.165, 1.54) is 6.07 Å². The molecule has 8 heteroatoms. The number of rotatable bonds is 4. The monoisotopic (exact) mass is 303 g/mol. The molecule has 0 atom stereocenters. The molecular weight excluding hydrogens is 289 g/mol. The third-order valence-corrected chi connectivity index (χ3v) is 4.93. The maximum atomic E-state index is 13.7. The lowest BCUT2D eigenvalue weighted by molar-refractivity contribution is 0.0697. The van der Waals surface area contributed by atoms with E-state index in [9.17, 15) is 17.6 Å². The predicted octanol–water partition coefficient (Wildman–Crippen LogP) is 1.44. The molecule has 0 aliphatic carbocycles. The number of carboxylic acid groups (broad SMARTS) is 1. The minimum Gasteiger partial charge on any atom is -0.478 e.